The molecule has 4 rings (SSSR count). The molecule has 1 amide bonds. The summed E-state index contributed by atoms with van der Waals surface area (Å²) in [4.78, 5) is 17.1. The predicted molar refractivity (Wildman–Crippen MR) is 122 cm³/mol. The number of carbonyl (C=O) groups is 1. The lowest BCUT2D eigenvalue weighted by Gasteiger charge is -2.48. The molecule has 0 aromatic heterocycles. The maximum Gasteiger partial charge on any atom is 0.270 e. The van der Waals surface area contributed by atoms with E-state index < -0.39 is 22.7 Å². The van der Waals surface area contributed by atoms with Gasteiger partial charge < -0.3 is 5.73 Å². The van der Waals surface area contributed by atoms with Crippen molar-refractivity contribution in [1.82, 2.24) is 0 Å². The Labute approximate surface area is 187 Å². The monoisotopic (exact) mass is 424 g/mol. The normalized spacial score (nSPS) is 30.2. The molecule has 4 unspecified atom stereocenters. The van der Waals surface area contributed by atoms with E-state index in [9.17, 15) is 15.3 Å². The summed E-state index contributed by atoms with van der Waals surface area (Å²) in [6.45, 7) is 2.06. The van der Waals surface area contributed by atoms with Gasteiger partial charge in [-0.1, -0.05) is 61.9 Å². The maximum atomic E-state index is 13.1. The molecule has 160 valence electrons. The number of carbonyl (C=O) groups excluding carboxylic acids is 1. The first-order chi connectivity index (χ1) is 15.5. The van der Waals surface area contributed by atoms with Crippen molar-refractivity contribution in [3.63, 3.8) is 0 Å². The number of amides is 1. The summed E-state index contributed by atoms with van der Waals surface area (Å²) in [6.07, 6.45) is 1.57. The number of nitriles is 2. The summed E-state index contributed by atoms with van der Waals surface area (Å²) >= 11 is 0. The van der Waals surface area contributed by atoms with Crippen LogP contribution in [0.2, 0.25) is 0 Å². The molecule has 32 heavy (non-hydrogen) atoms. The van der Waals surface area contributed by atoms with Crippen LogP contribution >= 0.6 is 0 Å². The molecule has 2 aliphatic rings. The molecule has 7 heteroatoms. The topological polar surface area (TPSA) is 127 Å². The molecule has 4 atom stereocenters. The Kier molecular flexibility index (Phi) is 5.50. The van der Waals surface area contributed by atoms with Gasteiger partial charge in [-0.3, -0.25) is 10.2 Å². The lowest BCUT2D eigenvalue weighted by Crippen LogP contribution is -2.59. The number of hydrogen-bond acceptors (Lipinski definition) is 6. The maximum absolute atomic E-state index is 13.1. The van der Waals surface area contributed by atoms with Crippen molar-refractivity contribution in [2.45, 2.75) is 32.1 Å². The molecule has 1 aliphatic heterocycles. The molecular weight excluding hydrogens is 400 g/mol. The zero-order chi connectivity index (χ0) is 22.8. The highest BCUT2D eigenvalue weighted by atomic mass is 16.2. The molecule has 1 aliphatic carbocycles. The van der Waals surface area contributed by atoms with Crippen LogP contribution in [-0.2, 0) is 4.79 Å². The number of fused-ring (bicyclic) bond motifs is 1. The van der Waals surface area contributed by atoms with Crippen LogP contribution in [0.1, 0.15) is 37.7 Å². The van der Waals surface area contributed by atoms with E-state index in [2.05, 4.69) is 34.6 Å². The number of aliphatic imine (C=N–C) groups is 1. The van der Waals surface area contributed by atoms with Gasteiger partial charge >= 0.3 is 0 Å². The minimum absolute atomic E-state index is 0.00786. The van der Waals surface area contributed by atoms with Crippen LogP contribution in [0.15, 0.2) is 70.8 Å². The Balaban J connectivity index is 1.94. The summed E-state index contributed by atoms with van der Waals surface area (Å²) < 4.78 is 0. The van der Waals surface area contributed by atoms with Crippen molar-refractivity contribution in [2.75, 3.05) is 5.43 Å². The van der Waals surface area contributed by atoms with E-state index in [1.165, 1.54) is 0 Å². The number of para-hydroxylation sites is 1. The van der Waals surface area contributed by atoms with Gasteiger partial charge in [0.1, 0.15) is 11.3 Å². The molecule has 0 saturated heterocycles. The van der Waals surface area contributed by atoms with Gasteiger partial charge in [0.2, 0.25) is 0 Å². The lowest BCUT2D eigenvalue weighted by atomic mass is 9.47. The molecule has 0 spiro atoms. The van der Waals surface area contributed by atoms with Crippen molar-refractivity contribution < 1.29 is 4.79 Å². The third-order valence-electron chi connectivity index (χ3n) is 6.64. The highest BCUT2D eigenvalue weighted by molar-refractivity contribution is 6.15. The first kappa shape index (κ1) is 21.3. The van der Waals surface area contributed by atoms with Crippen LogP contribution in [0.4, 0.5) is 5.69 Å². The van der Waals surface area contributed by atoms with Gasteiger partial charge in [0.05, 0.1) is 17.8 Å². The van der Waals surface area contributed by atoms with Crippen molar-refractivity contribution in [2.24, 2.45) is 32.6 Å². The highest BCUT2D eigenvalue weighted by Crippen LogP contribution is 2.62. The second kappa shape index (κ2) is 8.28. The zero-order valence-electron chi connectivity index (χ0n) is 17.8. The number of nitrogens with zero attached hydrogens (tertiary/aromatic N) is 4. The minimum atomic E-state index is -1.71. The summed E-state index contributed by atoms with van der Waals surface area (Å²) in [5.74, 6) is -1.47. The highest BCUT2D eigenvalue weighted by Gasteiger charge is 2.72. The summed E-state index contributed by atoms with van der Waals surface area (Å²) in [5, 5.41) is 25.4. The Morgan fingerprint density at radius 1 is 1.12 bits per heavy atom. The minimum Gasteiger partial charge on any atom is -0.386 e. The Morgan fingerprint density at radius 2 is 1.78 bits per heavy atom. The van der Waals surface area contributed by atoms with Crippen molar-refractivity contribution in [1.29, 1.82) is 10.5 Å². The quantitative estimate of drug-likeness (QED) is 0.702. The number of hydrazone groups is 1. The number of rotatable bonds is 5. The third kappa shape index (κ3) is 2.98. The van der Waals surface area contributed by atoms with Crippen LogP contribution in [0.3, 0.4) is 0 Å². The summed E-state index contributed by atoms with van der Waals surface area (Å²) in [6, 6.07) is 23.4. The fourth-order valence-electron chi connectivity index (χ4n) is 5.17. The molecule has 7 nitrogen and oxygen atoms in total. The lowest BCUT2D eigenvalue weighted by molar-refractivity contribution is -0.126. The standard InChI is InChI=1S/C25H24N6O/c1-2-9-19-20(31-30-18-12-7-4-8-13-18)14-24(15-26)23(32)29-22(28)25(24,16-27)21(19)17-10-5-3-6-11-17/h3-8,10-13,19,21,30H,2,9,14H2,1H3,(H2,28,29,32). The molecule has 3 N–H and O–H groups in total. The average Bonchev–Trinajstić information content (AvgIpc) is 3.05. The summed E-state index contributed by atoms with van der Waals surface area (Å²) in [7, 11) is 0. The number of amidine groups is 1. The molecule has 0 radical (unpaired) electrons. The van der Waals surface area contributed by atoms with E-state index in [-0.39, 0.29) is 18.2 Å². The second-order valence-corrected chi connectivity index (χ2v) is 8.28. The van der Waals surface area contributed by atoms with Gasteiger partial charge in [-0.05, 0) is 24.1 Å². The number of hydrogen-bond donors (Lipinski definition) is 2. The molecule has 2 aromatic rings. The number of nitrogens with two attached hydrogens (primary N) is 1. The Morgan fingerprint density at radius 3 is 2.38 bits per heavy atom. The average molecular weight is 425 g/mol. The van der Waals surface area contributed by atoms with E-state index in [1.54, 1.807) is 0 Å². The zero-order valence-corrected chi connectivity index (χ0v) is 17.8. The van der Waals surface area contributed by atoms with Crippen molar-refractivity contribution >= 4 is 23.1 Å². The van der Waals surface area contributed by atoms with Crippen molar-refractivity contribution in [3.05, 3.63) is 66.2 Å². The molecule has 0 bridgehead atoms. The van der Waals surface area contributed by atoms with Gasteiger partial charge in [-0.2, -0.15) is 20.6 Å². The van der Waals surface area contributed by atoms with Gasteiger partial charge in [0.25, 0.3) is 5.91 Å². The Bertz CT molecular complexity index is 1160. The number of nitrogens with one attached hydrogen (secondary N) is 1. The van der Waals surface area contributed by atoms with E-state index in [0.717, 1.165) is 24.1 Å². The fourth-order valence-corrected chi connectivity index (χ4v) is 5.17. The molecular formula is C25H24N6O. The number of anilines is 1. The smallest absolute Gasteiger partial charge is 0.270 e. The van der Waals surface area contributed by atoms with Crippen LogP contribution in [-0.4, -0.2) is 17.5 Å². The molecule has 1 heterocycles. The predicted octanol–water partition coefficient (Wildman–Crippen LogP) is 3.98. The van der Waals surface area contributed by atoms with E-state index in [4.69, 9.17) is 5.73 Å². The largest absolute Gasteiger partial charge is 0.386 e. The van der Waals surface area contributed by atoms with Crippen LogP contribution in [0, 0.1) is 39.4 Å². The first-order valence-corrected chi connectivity index (χ1v) is 10.7. The van der Waals surface area contributed by atoms with Gasteiger partial charge in [-0.15, -0.1) is 0 Å². The Hall–Kier alpha value is -3.97. The molecule has 1 fully saturated rings. The van der Waals surface area contributed by atoms with Gasteiger partial charge in [0, 0.05) is 24.0 Å². The summed E-state index contributed by atoms with van der Waals surface area (Å²) in [5.41, 5.74) is 8.40. The first-order valence-electron chi connectivity index (χ1n) is 10.7. The van der Waals surface area contributed by atoms with Gasteiger partial charge in [-0.25, -0.2) is 0 Å². The van der Waals surface area contributed by atoms with Crippen molar-refractivity contribution in [3.8, 4) is 12.1 Å². The molecule has 1 saturated carbocycles. The van der Waals surface area contributed by atoms with Crippen LogP contribution in [0.25, 0.3) is 0 Å². The van der Waals surface area contributed by atoms with Crippen LogP contribution in [0.5, 0.6) is 0 Å². The SMILES string of the molecule is CCCC1C(=NNc2ccccc2)CC2(C#N)C(=O)N=C(N)C2(C#N)C1c1ccccc1. The van der Waals surface area contributed by atoms with Crippen LogP contribution < -0.4 is 11.2 Å². The van der Waals surface area contributed by atoms with E-state index in [1.807, 2.05) is 60.7 Å². The third-order valence-corrected chi connectivity index (χ3v) is 6.64. The number of benzene rings is 2. The van der Waals surface area contributed by atoms with E-state index in [0.29, 0.717) is 5.71 Å². The second-order valence-electron chi connectivity index (χ2n) is 8.28. The van der Waals surface area contributed by atoms with Gasteiger partial charge in [0.15, 0.2) is 5.41 Å². The fraction of sp³-hybridized carbons (Fsp3) is 0.320. The molecule has 2 aromatic carbocycles. The van der Waals surface area contributed by atoms with E-state index >= 15 is 0 Å².